The minimum absolute atomic E-state index is 0.00551. The number of hydrogen-bond acceptors (Lipinski definition) is 5. The van der Waals surface area contributed by atoms with Crippen molar-refractivity contribution < 1.29 is 19.5 Å². The van der Waals surface area contributed by atoms with Crippen LogP contribution in [0.5, 0.6) is 0 Å². The smallest absolute Gasteiger partial charge is 0.322 e. The summed E-state index contributed by atoms with van der Waals surface area (Å²) in [4.78, 5) is 39.3. The number of nitrogens with zero attached hydrogens (tertiary/aromatic N) is 2. The topological polar surface area (TPSA) is 90.0 Å². The maximum Gasteiger partial charge on any atom is 0.322 e. The molecule has 0 saturated carbocycles. The number of rotatable bonds is 8. The summed E-state index contributed by atoms with van der Waals surface area (Å²) in [6.07, 6.45) is 6.96. The minimum Gasteiger partial charge on any atom is -0.480 e. The van der Waals surface area contributed by atoms with E-state index in [4.69, 9.17) is 5.11 Å². The number of nitrogens with one attached hydrogen (secondary N) is 1. The molecule has 0 aromatic heterocycles. The van der Waals surface area contributed by atoms with Crippen molar-refractivity contribution >= 4 is 23.7 Å². The van der Waals surface area contributed by atoms with Gasteiger partial charge in [0, 0.05) is 30.9 Å². The van der Waals surface area contributed by atoms with Crippen LogP contribution in [0.3, 0.4) is 0 Å². The second-order valence-corrected chi connectivity index (χ2v) is 8.13. The molecule has 180 valence electrons. The zero-order chi connectivity index (χ0) is 25.1. The average Bonchev–Trinajstić information content (AvgIpc) is 3.18. The van der Waals surface area contributed by atoms with Crippen molar-refractivity contribution in [2.75, 3.05) is 26.8 Å². The Bertz CT molecular complexity index is 1060. The van der Waals surface area contributed by atoms with Gasteiger partial charge in [-0.1, -0.05) is 74.4 Å². The number of carboxylic acid groups (broad SMARTS) is 1. The molecule has 0 unspecified atom stereocenters. The number of ketones is 1. The molecule has 34 heavy (non-hydrogen) atoms. The van der Waals surface area contributed by atoms with Crippen LogP contribution in [0, 0.1) is 6.92 Å². The minimum atomic E-state index is -1.09. The van der Waals surface area contributed by atoms with Crippen molar-refractivity contribution in [1.82, 2.24) is 15.1 Å². The van der Waals surface area contributed by atoms with Crippen molar-refractivity contribution in [2.45, 2.75) is 27.2 Å². The van der Waals surface area contributed by atoms with Crippen LogP contribution in [0.25, 0.3) is 6.08 Å². The van der Waals surface area contributed by atoms with Crippen molar-refractivity contribution in [3.63, 3.8) is 0 Å². The zero-order valence-electron chi connectivity index (χ0n) is 20.2. The fourth-order valence-corrected chi connectivity index (χ4v) is 3.22. The molecule has 2 N–H and O–H groups in total. The molecule has 1 amide bonds. The SMILES string of the molecule is CCC.Cc1ccc(C(=O)C2=CN(C/C=C/c3cccc(C(=O)NCC(=O)O)c3)CN2C)cc1. The number of allylic oxidation sites excluding steroid dienone is 1. The van der Waals surface area contributed by atoms with E-state index in [2.05, 4.69) is 19.2 Å². The maximum atomic E-state index is 12.8. The van der Waals surface area contributed by atoms with Gasteiger partial charge in [0.2, 0.25) is 5.78 Å². The summed E-state index contributed by atoms with van der Waals surface area (Å²) in [5.74, 6) is -1.52. The largest absolute Gasteiger partial charge is 0.480 e. The Morgan fingerprint density at radius 2 is 1.74 bits per heavy atom. The van der Waals surface area contributed by atoms with Crippen molar-refractivity contribution in [3.8, 4) is 0 Å². The van der Waals surface area contributed by atoms with Crippen LogP contribution in [0.4, 0.5) is 0 Å². The van der Waals surface area contributed by atoms with E-state index < -0.39 is 18.4 Å². The first kappa shape index (κ1) is 26.4. The molecule has 7 nitrogen and oxygen atoms in total. The number of aliphatic carboxylic acids is 1. The number of likely N-dealkylation sites (N-methyl/N-ethyl adjacent to an activating group) is 1. The molecule has 0 saturated heterocycles. The lowest BCUT2D eigenvalue weighted by atomic mass is 10.1. The molecule has 1 aliphatic heterocycles. The van der Waals surface area contributed by atoms with Gasteiger partial charge in [-0.2, -0.15) is 0 Å². The third kappa shape index (κ3) is 7.92. The van der Waals surface area contributed by atoms with Crippen LogP contribution in [0.2, 0.25) is 0 Å². The first-order chi connectivity index (χ1) is 16.2. The number of carboxylic acids is 1. The first-order valence-corrected chi connectivity index (χ1v) is 11.3. The van der Waals surface area contributed by atoms with E-state index in [0.29, 0.717) is 30.0 Å². The highest BCUT2D eigenvalue weighted by atomic mass is 16.4. The Morgan fingerprint density at radius 3 is 2.38 bits per heavy atom. The molecule has 0 bridgehead atoms. The van der Waals surface area contributed by atoms with Gasteiger partial charge in [0.05, 0.1) is 6.67 Å². The first-order valence-electron chi connectivity index (χ1n) is 11.3. The summed E-state index contributed by atoms with van der Waals surface area (Å²) in [5.41, 5.74) is 3.65. The second-order valence-electron chi connectivity index (χ2n) is 8.13. The summed E-state index contributed by atoms with van der Waals surface area (Å²) in [6, 6.07) is 14.5. The lowest BCUT2D eigenvalue weighted by molar-refractivity contribution is -0.135. The molecular weight excluding hydrogens is 430 g/mol. The van der Waals surface area contributed by atoms with E-state index in [1.54, 1.807) is 18.2 Å². The number of benzene rings is 2. The number of carbonyl (C=O) groups is 3. The van der Waals surface area contributed by atoms with E-state index in [9.17, 15) is 14.4 Å². The fraction of sp³-hybridized carbons (Fsp3) is 0.296. The van der Waals surface area contributed by atoms with E-state index in [0.717, 1.165) is 11.1 Å². The predicted molar refractivity (Wildman–Crippen MR) is 134 cm³/mol. The highest BCUT2D eigenvalue weighted by molar-refractivity contribution is 6.08. The van der Waals surface area contributed by atoms with E-state index in [1.807, 2.05) is 72.5 Å². The maximum absolute atomic E-state index is 12.8. The fourth-order valence-electron chi connectivity index (χ4n) is 3.22. The van der Waals surface area contributed by atoms with Crippen molar-refractivity contribution in [3.05, 3.63) is 88.8 Å². The Balaban J connectivity index is 0.00000129. The third-order valence-corrected chi connectivity index (χ3v) is 4.86. The number of amides is 1. The number of Topliss-reactive ketones (excluding diaryl/α,β-unsaturated/α-hetero) is 1. The zero-order valence-corrected chi connectivity index (χ0v) is 20.2. The van der Waals surface area contributed by atoms with Crippen LogP contribution in [0.15, 0.2) is 66.5 Å². The van der Waals surface area contributed by atoms with Crippen LogP contribution < -0.4 is 5.32 Å². The van der Waals surface area contributed by atoms with Crippen molar-refractivity contribution in [2.24, 2.45) is 0 Å². The standard InChI is InChI=1S/C24H25N3O4.C3H8/c1-17-8-10-19(11-9-17)23(30)21-15-27(16-26(21)2)12-4-6-18-5-3-7-20(13-18)24(31)25-14-22(28)29;1-3-2/h3-11,13,15H,12,14,16H2,1-2H3,(H,25,31)(H,28,29);3H2,1-2H3/b6-4+;. The number of hydrogen-bond donors (Lipinski definition) is 2. The van der Waals surface area contributed by atoms with Gasteiger partial charge in [-0.3, -0.25) is 14.4 Å². The van der Waals surface area contributed by atoms with Crippen molar-refractivity contribution in [1.29, 1.82) is 0 Å². The average molecular weight is 464 g/mol. The Hall–Kier alpha value is -3.87. The molecule has 0 fully saturated rings. The monoisotopic (exact) mass is 463 g/mol. The van der Waals surface area contributed by atoms with Gasteiger partial charge in [-0.05, 0) is 24.6 Å². The van der Waals surface area contributed by atoms with Crippen LogP contribution in [-0.2, 0) is 4.79 Å². The van der Waals surface area contributed by atoms with Crippen LogP contribution in [-0.4, -0.2) is 59.4 Å². The van der Waals surface area contributed by atoms with Crippen LogP contribution in [0.1, 0.15) is 52.1 Å². The van der Waals surface area contributed by atoms with Gasteiger partial charge < -0.3 is 20.2 Å². The second kappa shape index (κ2) is 13.0. The van der Waals surface area contributed by atoms with Gasteiger partial charge in [-0.15, -0.1) is 0 Å². The number of carbonyl (C=O) groups excluding carboxylic acids is 2. The molecule has 0 aliphatic carbocycles. The van der Waals surface area contributed by atoms with Gasteiger partial charge in [-0.25, -0.2) is 0 Å². The summed E-state index contributed by atoms with van der Waals surface area (Å²) in [6.45, 7) is 7.03. The third-order valence-electron chi connectivity index (χ3n) is 4.86. The Labute approximate surface area is 201 Å². The van der Waals surface area contributed by atoms with Gasteiger partial charge in [0.15, 0.2) is 0 Å². The van der Waals surface area contributed by atoms with Gasteiger partial charge in [0.1, 0.15) is 12.2 Å². The van der Waals surface area contributed by atoms with E-state index >= 15 is 0 Å². The molecule has 2 aromatic rings. The highest BCUT2D eigenvalue weighted by Crippen LogP contribution is 2.19. The van der Waals surface area contributed by atoms with E-state index in [-0.39, 0.29) is 5.78 Å². The molecule has 0 spiro atoms. The number of aryl methyl sites for hydroxylation is 1. The Morgan fingerprint density at radius 1 is 1.06 bits per heavy atom. The molecular formula is C27H33N3O4. The molecule has 0 atom stereocenters. The quantitative estimate of drug-likeness (QED) is 0.571. The summed E-state index contributed by atoms with van der Waals surface area (Å²) in [5, 5.41) is 11.0. The van der Waals surface area contributed by atoms with E-state index in [1.165, 1.54) is 6.42 Å². The Kier molecular flexibility index (Phi) is 10.1. The summed E-state index contributed by atoms with van der Waals surface area (Å²) < 4.78 is 0. The predicted octanol–water partition coefficient (Wildman–Crippen LogP) is 4.17. The molecule has 3 rings (SSSR count). The lowest BCUT2D eigenvalue weighted by Gasteiger charge is -2.17. The van der Waals surface area contributed by atoms with Crippen LogP contribution >= 0.6 is 0 Å². The molecule has 2 aromatic carbocycles. The summed E-state index contributed by atoms with van der Waals surface area (Å²) >= 11 is 0. The molecule has 0 radical (unpaired) electrons. The molecule has 7 heteroatoms. The summed E-state index contributed by atoms with van der Waals surface area (Å²) in [7, 11) is 1.89. The lowest BCUT2D eigenvalue weighted by Crippen LogP contribution is -2.29. The molecule has 1 heterocycles. The van der Waals surface area contributed by atoms with Gasteiger partial charge in [0.25, 0.3) is 5.91 Å². The molecule has 1 aliphatic rings. The normalized spacial score (nSPS) is 12.8. The van der Waals surface area contributed by atoms with Gasteiger partial charge >= 0.3 is 5.97 Å². The highest BCUT2D eigenvalue weighted by Gasteiger charge is 2.23.